The molecule has 140 valence electrons. The standard InChI is InChI=1S/C22H25N3O2/c1-15(2)12-17-8-10-18(11-9-17)16(3)25-21(26)13-27-22-19-6-4-5-7-20(19)23-14-24-22/h4-11,14-16H,12-13H2,1-3H3,(H,25,26). The quantitative estimate of drug-likeness (QED) is 0.687. The van der Waals surface area contributed by atoms with Crippen LogP contribution in [0.4, 0.5) is 0 Å². The highest BCUT2D eigenvalue weighted by atomic mass is 16.5. The molecule has 1 heterocycles. The van der Waals surface area contributed by atoms with Crippen LogP contribution in [0.1, 0.15) is 37.9 Å². The first-order chi connectivity index (χ1) is 13.0. The minimum atomic E-state index is -0.184. The number of amides is 1. The maximum atomic E-state index is 12.3. The lowest BCUT2D eigenvalue weighted by Crippen LogP contribution is -2.31. The summed E-state index contributed by atoms with van der Waals surface area (Å²) in [6, 6.07) is 15.9. The SMILES string of the molecule is CC(C)Cc1ccc(C(C)NC(=O)COc2ncnc3ccccc23)cc1. The Kier molecular flexibility index (Phi) is 6.01. The molecule has 0 saturated carbocycles. The Bertz CT molecular complexity index is 902. The van der Waals surface area contributed by atoms with Gasteiger partial charge in [0.1, 0.15) is 6.33 Å². The van der Waals surface area contributed by atoms with Crippen molar-refractivity contribution in [1.82, 2.24) is 15.3 Å². The minimum absolute atomic E-state index is 0.0865. The normalized spacial score (nSPS) is 12.1. The summed E-state index contributed by atoms with van der Waals surface area (Å²) in [5.41, 5.74) is 3.17. The number of fused-ring (bicyclic) bond motifs is 1. The van der Waals surface area contributed by atoms with Gasteiger partial charge in [-0.2, -0.15) is 0 Å². The lowest BCUT2D eigenvalue weighted by Gasteiger charge is -2.15. The lowest BCUT2D eigenvalue weighted by molar-refractivity contribution is -0.123. The molecule has 1 atom stereocenters. The number of nitrogens with one attached hydrogen (secondary N) is 1. The summed E-state index contributed by atoms with van der Waals surface area (Å²) in [4.78, 5) is 20.6. The van der Waals surface area contributed by atoms with E-state index >= 15 is 0 Å². The van der Waals surface area contributed by atoms with Gasteiger partial charge in [-0.05, 0) is 42.5 Å². The first-order valence-corrected chi connectivity index (χ1v) is 9.23. The third-order valence-electron chi connectivity index (χ3n) is 4.35. The Hall–Kier alpha value is -2.95. The summed E-state index contributed by atoms with van der Waals surface area (Å²) in [5.74, 6) is 0.862. The lowest BCUT2D eigenvalue weighted by atomic mass is 10.00. The van der Waals surface area contributed by atoms with E-state index in [1.165, 1.54) is 11.9 Å². The molecular weight excluding hydrogens is 338 g/mol. The molecule has 0 fully saturated rings. The number of ether oxygens (including phenoxy) is 1. The molecule has 1 aromatic heterocycles. The average molecular weight is 363 g/mol. The third kappa shape index (κ3) is 5.03. The van der Waals surface area contributed by atoms with Crippen LogP contribution >= 0.6 is 0 Å². The summed E-state index contributed by atoms with van der Waals surface area (Å²) in [5, 5.41) is 3.76. The van der Waals surface area contributed by atoms with E-state index in [-0.39, 0.29) is 18.6 Å². The maximum absolute atomic E-state index is 12.3. The Morgan fingerprint density at radius 1 is 1.04 bits per heavy atom. The van der Waals surface area contributed by atoms with Crippen LogP contribution in [0.25, 0.3) is 10.9 Å². The van der Waals surface area contributed by atoms with Crippen molar-refractivity contribution >= 4 is 16.8 Å². The maximum Gasteiger partial charge on any atom is 0.258 e. The smallest absolute Gasteiger partial charge is 0.258 e. The molecular formula is C22H25N3O2. The number of hydrogen-bond acceptors (Lipinski definition) is 4. The molecule has 3 rings (SSSR count). The van der Waals surface area contributed by atoms with Gasteiger partial charge in [0, 0.05) is 0 Å². The Morgan fingerprint density at radius 2 is 1.78 bits per heavy atom. The molecule has 3 aromatic rings. The van der Waals surface area contributed by atoms with Crippen LogP contribution < -0.4 is 10.1 Å². The highest BCUT2D eigenvalue weighted by Crippen LogP contribution is 2.20. The number of rotatable bonds is 7. The molecule has 27 heavy (non-hydrogen) atoms. The molecule has 0 radical (unpaired) electrons. The van der Waals surface area contributed by atoms with Gasteiger partial charge in [0.15, 0.2) is 6.61 Å². The van der Waals surface area contributed by atoms with Gasteiger partial charge >= 0.3 is 0 Å². The summed E-state index contributed by atoms with van der Waals surface area (Å²) in [7, 11) is 0. The second-order valence-corrected chi connectivity index (χ2v) is 7.11. The zero-order valence-corrected chi connectivity index (χ0v) is 16.0. The summed E-state index contributed by atoms with van der Waals surface area (Å²) in [6.45, 7) is 6.29. The van der Waals surface area contributed by atoms with Gasteiger partial charge in [0.25, 0.3) is 5.91 Å². The van der Waals surface area contributed by atoms with Crippen molar-refractivity contribution in [3.8, 4) is 5.88 Å². The van der Waals surface area contributed by atoms with Gasteiger partial charge in [-0.3, -0.25) is 4.79 Å². The van der Waals surface area contributed by atoms with Crippen molar-refractivity contribution in [3.63, 3.8) is 0 Å². The fraction of sp³-hybridized carbons (Fsp3) is 0.318. The average Bonchev–Trinajstić information content (AvgIpc) is 2.66. The molecule has 0 aliphatic heterocycles. The van der Waals surface area contributed by atoms with E-state index < -0.39 is 0 Å². The molecule has 1 N–H and O–H groups in total. The number of nitrogens with zero attached hydrogens (tertiary/aromatic N) is 2. The second-order valence-electron chi connectivity index (χ2n) is 7.11. The van der Waals surface area contributed by atoms with Crippen molar-refractivity contribution in [1.29, 1.82) is 0 Å². The highest BCUT2D eigenvalue weighted by Gasteiger charge is 2.12. The monoisotopic (exact) mass is 363 g/mol. The van der Waals surface area contributed by atoms with Gasteiger partial charge < -0.3 is 10.1 Å². The van der Waals surface area contributed by atoms with Gasteiger partial charge in [-0.1, -0.05) is 50.2 Å². The molecule has 1 amide bonds. The van der Waals surface area contributed by atoms with Gasteiger partial charge in [0.2, 0.25) is 5.88 Å². The number of carbonyl (C=O) groups excluding carboxylic acids is 1. The van der Waals surface area contributed by atoms with Gasteiger partial charge in [-0.25, -0.2) is 9.97 Å². The Morgan fingerprint density at radius 3 is 2.52 bits per heavy atom. The number of hydrogen-bond donors (Lipinski definition) is 1. The van der Waals surface area contributed by atoms with Crippen LogP contribution in [0.5, 0.6) is 5.88 Å². The van der Waals surface area contributed by atoms with Crippen LogP contribution in [0.2, 0.25) is 0 Å². The van der Waals surface area contributed by atoms with E-state index in [0.717, 1.165) is 22.9 Å². The molecule has 2 aromatic carbocycles. The molecule has 0 aliphatic rings. The number of aromatic nitrogens is 2. The van der Waals surface area contributed by atoms with E-state index in [1.807, 2.05) is 31.2 Å². The second kappa shape index (κ2) is 8.62. The Balaban J connectivity index is 1.57. The molecule has 0 aliphatic carbocycles. The van der Waals surface area contributed by atoms with Gasteiger partial charge in [-0.15, -0.1) is 0 Å². The van der Waals surface area contributed by atoms with Crippen LogP contribution in [0.3, 0.4) is 0 Å². The van der Waals surface area contributed by atoms with Crippen LogP contribution in [-0.2, 0) is 11.2 Å². The van der Waals surface area contributed by atoms with E-state index in [0.29, 0.717) is 11.8 Å². The molecule has 0 bridgehead atoms. The van der Waals surface area contributed by atoms with Crippen molar-refractivity contribution < 1.29 is 9.53 Å². The van der Waals surface area contributed by atoms with E-state index in [4.69, 9.17) is 4.74 Å². The van der Waals surface area contributed by atoms with Crippen molar-refractivity contribution in [2.45, 2.75) is 33.2 Å². The summed E-state index contributed by atoms with van der Waals surface area (Å²) in [6.07, 6.45) is 2.50. The summed E-state index contributed by atoms with van der Waals surface area (Å²) < 4.78 is 5.62. The van der Waals surface area contributed by atoms with Gasteiger partial charge in [0.05, 0.1) is 16.9 Å². The topological polar surface area (TPSA) is 64.1 Å². The van der Waals surface area contributed by atoms with E-state index in [9.17, 15) is 4.79 Å². The highest BCUT2D eigenvalue weighted by molar-refractivity contribution is 5.84. The zero-order valence-electron chi connectivity index (χ0n) is 16.0. The minimum Gasteiger partial charge on any atom is -0.467 e. The predicted octanol–water partition coefficient (Wildman–Crippen LogP) is 4.08. The first kappa shape index (κ1) is 18.8. The number of para-hydroxylation sites is 1. The largest absolute Gasteiger partial charge is 0.467 e. The predicted molar refractivity (Wildman–Crippen MR) is 107 cm³/mol. The van der Waals surface area contributed by atoms with Crippen molar-refractivity contribution in [3.05, 3.63) is 66.0 Å². The number of benzene rings is 2. The zero-order chi connectivity index (χ0) is 19.2. The molecule has 0 spiro atoms. The third-order valence-corrected chi connectivity index (χ3v) is 4.35. The molecule has 0 saturated heterocycles. The molecule has 5 nitrogen and oxygen atoms in total. The Labute approximate surface area is 159 Å². The van der Waals surface area contributed by atoms with E-state index in [2.05, 4.69) is 53.4 Å². The molecule has 1 unspecified atom stereocenters. The van der Waals surface area contributed by atoms with Crippen LogP contribution in [-0.4, -0.2) is 22.5 Å². The number of carbonyl (C=O) groups is 1. The molecule has 5 heteroatoms. The van der Waals surface area contributed by atoms with Crippen molar-refractivity contribution in [2.24, 2.45) is 5.92 Å². The first-order valence-electron chi connectivity index (χ1n) is 9.23. The fourth-order valence-corrected chi connectivity index (χ4v) is 3.01. The van der Waals surface area contributed by atoms with Crippen molar-refractivity contribution in [2.75, 3.05) is 6.61 Å². The van der Waals surface area contributed by atoms with Crippen LogP contribution in [0, 0.1) is 5.92 Å². The van der Waals surface area contributed by atoms with E-state index in [1.54, 1.807) is 0 Å². The fourth-order valence-electron chi connectivity index (χ4n) is 3.01. The van der Waals surface area contributed by atoms with Crippen LogP contribution in [0.15, 0.2) is 54.9 Å². The summed E-state index contributed by atoms with van der Waals surface area (Å²) >= 11 is 0.